The number of hydrogen-bond acceptors (Lipinski definition) is 5. The first-order valence-corrected chi connectivity index (χ1v) is 4.02. The minimum Gasteiger partial charge on any atom is -0.468 e. The average Bonchev–Trinajstić information content (AvgIpc) is 2.17. The first kappa shape index (κ1) is 12.3. The second-order valence-corrected chi connectivity index (χ2v) is 2.55. The zero-order valence-electron chi connectivity index (χ0n) is 8.49. The molecule has 0 aliphatic heterocycles. The number of methoxy groups -OCH3 is 3. The topological polar surface area (TPSA) is 56.8 Å². The molecular weight excluding hydrogens is 174 g/mol. The highest BCUT2D eigenvalue weighted by atomic mass is 16.7. The first-order valence-electron chi connectivity index (χ1n) is 4.02. The predicted molar refractivity (Wildman–Crippen MR) is 47.3 cm³/mol. The van der Waals surface area contributed by atoms with Crippen LogP contribution in [0.25, 0.3) is 0 Å². The number of esters is 1. The van der Waals surface area contributed by atoms with E-state index in [1.807, 2.05) is 0 Å². The highest BCUT2D eigenvalue weighted by molar-refractivity contribution is 5.75. The van der Waals surface area contributed by atoms with E-state index in [1.165, 1.54) is 7.11 Å². The lowest BCUT2D eigenvalue weighted by atomic mass is 10.3. The molecule has 0 rings (SSSR count). The molecule has 78 valence electrons. The van der Waals surface area contributed by atoms with Crippen LogP contribution >= 0.6 is 0 Å². The third-order valence-electron chi connectivity index (χ3n) is 1.67. The van der Waals surface area contributed by atoms with Crippen molar-refractivity contribution in [2.75, 3.05) is 27.9 Å². The molecule has 1 N–H and O–H groups in total. The van der Waals surface area contributed by atoms with Crippen LogP contribution in [0.2, 0.25) is 0 Å². The number of hydrogen-bond donors (Lipinski definition) is 1. The summed E-state index contributed by atoms with van der Waals surface area (Å²) in [6.07, 6.45) is -0.341. The van der Waals surface area contributed by atoms with Gasteiger partial charge in [-0.1, -0.05) is 0 Å². The van der Waals surface area contributed by atoms with E-state index in [-0.39, 0.29) is 18.3 Å². The summed E-state index contributed by atoms with van der Waals surface area (Å²) >= 11 is 0. The van der Waals surface area contributed by atoms with Gasteiger partial charge < -0.3 is 14.2 Å². The summed E-state index contributed by atoms with van der Waals surface area (Å²) in [7, 11) is 4.43. The van der Waals surface area contributed by atoms with Gasteiger partial charge in [-0.15, -0.1) is 0 Å². The lowest BCUT2D eigenvalue weighted by molar-refractivity contribution is -0.143. The fourth-order valence-electron chi connectivity index (χ4n) is 0.796. The quantitative estimate of drug-likeness (QED) is 0.463. The summed E-state index contributed by atoms with van der Waals surface area (Å²) in [4.78, 5) is 10.9. The molecule has 0 saturated carbocycles. The minimum atomic E-state index is -0.349. The molecule has 0 aromatic carbocycles. The van der Waals surface area contributed by atoms with Gasteiger partial charge in [0.05, 0.1) is 7.11 Å². The Balaban J connectivity index is 3.67. The van der Waals surface area contributed by atoms with E-state index in [0.717, 1.165) is 0 Å². The van der Waals surface area contributed by atoms with E-state index in [4.69, 9.17) is 9.47 Å². The molecule has 0 amide bonds. The van der Waals surface area contributed by atoms with Gasteiger partial charge in [-0.05, 0) is 6.92 Å². The van der Waals surface area contributed by atoms with Crippen LogP contribution in [0, 0.1) is 0 Å². The van der Waals surface area contributed by atoms with E-state index in [2.05, 4.69) is 10.1 Å². The zero-order valence-corrected chi connectivity index (χ0v) is 8.49. The third-order valence-corrected chi connectivity index (χ3v) is 1.67. The van der Waals surface area contributed by atoms with Crippen molar-refractivity contribution in [3.05, 3.63) is 0 Å². The zero-order chi connectivity index (χ0) is 10.3. The molecule has 0 aliphatic rings. The van der Waals surface area contributed by atoms with Gasteiger partial charge >= 0.3 is 5.97 Å². The van der Waals surface area contributed by atoms with Crippen LogP contribution in [-0.2, 0) is 19.0 Å². The maximum absolute atomic E-state index is 10.9. The maximum Gasteiger partial charge on any atom is 0.322 e. The summed E-state index contributed by atoms with van der Waals surface area (Å²) in [5.74, 6) is -0.300. The average molecular weight is 191 g/mol. The summed E-state index contributed by atoms with van der Waals surface area (Å²) in [6, 6.07) is -0.349. The fraction of sp³-hybridized carbons (Fsp3) is 0.875. The van der Waals surface area contributed by atoms with Crippen molar-refractivity contribution in [1.82, 2.24) is 5.32 Å². The summed E-state index contributed by atoms with van der Waals surface area (Å²) < 4.78 is 14.4. The molecule has 13 heavy (non-hydrogen) atoms. The molecule has 0 aromatic heterocycles. The van der Waals surface area contributed by atoms with E-state index in [0.29, 0.717) is 6.54 Å². The minimum absolute atomic E-state index is 0.300. The standard InChI is InChI=1S/C8H17NO4/c1-6(8(10)13-4)9-5-7(11-2)12-3/h6-7,9H,5H2,1-4H3. The van der Waals surface area contributed by atoms with Crippen molar-refractivity contribution in [3.63, 3.8) is 0 Å². The highest BCUT2D eigenvalue weighted by Crippen LogP contribution is 1.91. The second kappa shape index (κ2) is 6.82. The van der Waals surface area contributed by atoms with Crippen molar-refractivity contribution in [2.24, 2.45) is 0 Å². The first-order chi connectivity index (χ1) is 6.15. The van der Waals surface area contributed by atoms with Gasteiger partial charge in [0.2, 0.25) is 0 Å². The Morgan fingerprint density at radius 2 is 1.85 bits per heavy atom. The van der Waals surface area contributed by atoms with Gasteiger partial charge in [0, 0.05) is 20.8 Å². The van der Waals surface area contributed by atoms with Crippen molar-refractivity contribution in [3.8, 4) is 0 Å². The number of carbonyl (C=O) groups is 1. The van der Waals surface area contributed by atoms with Gasteiger partial charge in [0.1, 0.15) is 6.04 Å². The Kier molecular flexibility index (Phi) is 6.48. The number of rotatable bonds is 6. The lowest BCUT2D eigenvalue weighted by Gasteiger charge is -2.16. The van der Waals surface area contributed by atoms with Crippen LogP contribution in [0.4, 0.5) is 0 Å². The van der Waals surface area contributed by atoms with Crippen LogP contribution in [0.5, 0.6) is 0 Å². The molecule has 0 aromatic rings. The lowest BCUT2D eigenvalue weighted by Crippen LogP contribution is -2.40. The van der Waals surface area contributed by atoms with Crippen molar-refractivity contribution in [2.45, 2.75) is 19.3 Å². The van der Waals surface area contributed by atoms with E-state index in [1.54, 1.807) is 21.1 Å². The molecule has 0 radical (unpaired) electrons. The molecule has 0 saturated heterocycles. The SMILES string of the molecule is COC(=O)C(C)NCC(OC)OC. The monoisotopic (exact) mass is 191 g/mol. The molecular formula is C8H17NO4. The molecule has 0 spiro atoms. The van der Waals surface area contributed by atoms with Gasteiger partial charge in [0.25, 0.3) is 0 Å². The van der Waals surface area contributed by atoms with E-state index >= 15 is 0 Å². The molecule has 0 bridgehead atoms. The smallest absolute Gasteiger partial charge is 0.322 e. The maximum atomic E-state index is 10.9. The van der Waals surface area contributed by atoms with Gasteiger partial charge in [0.15, 0.2) is 6.29 Å². The Morgan fingerprint density at radius 1 is 1.31 bits per heavy atom. The Hall–Kier alpha value is -0.650. The number of nitrogens with one attached hydrogen (secondary N) is 1. The second-order valence-electron chi connectivity index (χ2n) is 2.55. The number of ether oxygens (including phenoxy) is 3. The predicted octanol–water partition coefficient (Wildman–Crippen LogP) is -0.244. The number of carbonyl (C=O) groups excluding carboxylic acids is 1. The van der Waals surface area contributed by atoms with Crippen LogP contribution in [0.15, 0.2) is 0 Å². The van der Waals surface area contributed by atoms with Crippen LogP contribution in [0.3, 0.4) is 0 Å². The van der Waals surface area contributed by atoms with Gasteiger partial charge in [-0.2, -0.15) is 0 Å². The molecule has 0 fully saturated rings. The Morgan fingerprint density at radius 3 is 2.23 bits per heavy atom. The van der Waals surface area contributed by atoms with E-state index < -0.39 is 0 Å². The van der Waals surface area contributed by atoms with Crippen molar-refractivity contribution < 1.29 is 19.0 Å². The van der Waals surface area contributed by atoms with Gasteiger partial charge in [-0.25, -0.2) is 0 Å². The van der Waals surface area contributed by atoms with Crippen LogP contribution < -0.4 is 5.32 Å². The normalized spacial score (nSPS) is 13.0. The molecule has 0 aliphatic carbocycles. The van der Waals surface area contributed by atoms with Crippen molar-refractivity contribution in [1.29, 1.82) is 0 Å². The summed E-state index contributed by atoms with van der Waals surface area (Å²) in [5, 5.41) is 2.91. The fourth-order valence-corrected chi connectivity index (χ4v) is 0.796. The summed E-state index contributed by atoms with van der Waals surface area (Å²) in [6.45, 7) is 2.16. The molecule has 0 heterocycles. The largest absolute Gasteiger partial charge is 0.468 e. The molecule has 5 heteroatoms. The molecule has 1 unspecified atom stereocenters. The summed E-state index contributed by atoms with van der Waals surface area (Å²) in [5.41, 5.74) is 0. The van der Waals surface area contributed by atoms with E-state index in [9.17, 15) is 4.79 Å². The molecule has 5 nitrogen and oxygen atoms in total. The Labute approximate surface area is 78.3 Å². The van der Waals surface area contributed by atoms with Crippen LogP contribution in [0.1, 0.15) is 6.92 Å². The Bertz CT molecular complexity index is 147. The highest BCUT2D eigenvalue weighted by Gasteiger charge is 2.14. The van der Waals surface area contributed by atoms with Crippen molar-refractivity contribution >= 4 is 5.97 Å². The molecule has 1 atom stereocenters. The van der Waals surface area contributed by atoms with Crippen LogP contribution in [-0.4, -0.2) is 46.2 Å². The third kappa shape index (κ3) is 4.82. The van der Waals surface area contributed by atoms with Gasteiger partial charge in [-0.3, -0.25) is 10.1 Å².